The van der Waals surface area contributed by atoms with Gasteiger partial charge in [-0.25, -0.2) is 0 Å². The van der Waals surface area contributed by atoms with Gasteiger partial charge in [-0.2, -0.15) is 13.2 Å². The minimum Gasteiger partial charge on any atom is -0.494 e. The summed E-state index contributed by atoms with van der Waals surface area (Å²) in [6.07, 6.45) is -8.42. The fourth-order valence-electron chi connectivity index (χ4n) is 3.12. The highest BCUT2D eigenvalue weighted by molar-refractivity contribution is 5.51. The molecule has 0 aliphatic rings. The lowest BCUT2D eigenvalue weighted by molar-refractivity contribution is -0.274. The van der Waals surface area contributed by atoms with Gasteiger partial charge in [-0.15, -0.1) is 13.2 Å². The van der Waals surface area contributed by atoms with Crippen LogP contribution < -0.4 is 14.4 Å². The van der Waals surface area contributed by atoms with Gasteiger partial charge in [-0.05, 0) is 36.2 Å². The SMILES string of the molecule is CCCCCCOc1cccc(N(Cc2cccc(OC(F)(F)F)c2)C[C@@H](O)C(F)(F)F)c1. The molecule has 0 saturated heterocycles. The minimum absolute atomic E-state index is 0.192. The summed E-state index contributed by atoms with van der Waals surface area (Å²) in [5, 5.41) is 9.62. The Bertz CT molecular complexity index is 857. The average Bonchev–Trinajstić information content (AvgIpc) is 2.71. The number of benzene rings is 2. The van der Waals surface area contributed by atoms with E-state index in [9.17, 15) is 31.4 Å². The lowest BCUT2D eigenvalue weighted by Crippen LogP contribution is -2.40. The summed E-state index contributed by atoms with van der Waals surface area (Å²) in [4.78, 5) is 1.23. The van der Waals surface area contributed by atoms with Crippen LogP contribution in [0.4, 0.5) is 32.0 Å². The topological polar surface area (TPSA) is 41.9 Å². The molecule has 2 rings (SSSR count). The summed E-state index contributed by atoms with van der Waals surface area (Å²) in [7, 11) is 0. The van der Waals surface area contributed by atoms with Gasteiger partial charge in [-0.3, -0.25) is 0 Å². The third-order valence-corrected chi connectivity index (χ3v) is 4.73. The highest BCUT2D eigenvalue weighted by Crippen LogP contribution is 2.29. The molecule has 0 spiro atoms. The summed E-state index contributed by atoms with van der Waals surface area (Å²) >= 11 is 0. The number of alkyl halides is 6. The Morgan fingerprint density at radius 3 is 2.27 bits per heavy atom. The van der Waals surface area contributed by atoms with E-state index in [4.69, 9.17) is 4.74 Å². The number of aliphatic hydroxyl groups is 1. The molecule has 184 valence electrons. The normalized spacial score (nSPS) is 13.0. The predicted molar refractivity (Wildman–Crippen MR) is 112 cm³/mol. The highest BCUT2D eigenvalue weighted by Gasteiger charge is 2.39. The summed E-state index contributed by atoms with van der Waals surface area (Å²) in [6.45, 7) is 1.53. The average molecular weight is 479 g/mol. The second kappa shape index (κ2) is 12.0. The largest absolute Gasteiger partial charge is 0.573 e. The Labute approximate surface area is 188 Å². The van der Waals surface area contributed by atoms with E-state index in [2.05, 4.69) is 11.7 Å². The van der Waals surface area contributed by atoms with Gasteiger partial charge in [0.1, 0.15) is 11.5 Å². The second-order valence-corrected chi connectivity index (χ2v) is 7.54. The van der Waals surface area contributed by atoms with Crippen molar-refractivity contribution in [2.24, 2.45) is 0 Å². The molecule has 2 aromatic rings. The van der Waals surface area contributed by atoms with Crippen LogP contribution in [0.5, 0.6) is 11.5 Å². The van der Waals surface area contributed by atoms with Crippen LogP contribution in [0.2, 0.25) is 0 Å². The molecule has 0 aliphatic carbocycles. The smallest absolute Gasteiger partial charge is 0.494 e. The summed E-state index contributed by atoms with van der Waals surface area (Å²) < 4.78 is 86.2. The van der Waals surface area contributed by atoms with Crippen molar-refractivity contribution < 1.29 is 40.9 Å². The number of nitrogens with zero attached hydrogens (tertiary/aromatic N) is 1. The number of anilines is 1. The first-order chi connectivity index (χ1) is 15.5. The zero-order valence-corrected chi connectivity index (χ0v) is 18.1. The van der Waals surface area contributed by atoms with Crippen molar-refractivity contribution in [1.29, 1.82) is 0 Å². The van der Waals surface area contributed by atoms with Crippen molar-refractivity contribution in [2.45, 2.75) is 57.8 Å². The van der Waals surface area contributed by atoms with Crippen LogP contribution in [-0.2, 0) is 6.54 Å². The van der Waals surface area contributed by atoms with Crippen molar-refractivity contribution in [3.05, 3.63) is 54.1 Å². The highest BCUT2D eigenvalue weighted by atomic mass is 19.4. The van der Waals surface area contributed by atoms with E-state index in [1.54, 1.807) is 24.3 Å². The molecule has 10 heteroatoms. The number of ether oxygens (including phenoxy) is 2. The molecule has 0 radical (unpaired) electrons. The van der Waals surface area contributed by atoms with Gasteiger partial charge >= 0.3 is 12.5 Å². The van der Waals surface area contributed by atoms with Gasteiger partial charge in [-0.1, -0.05) is 44.4 Å². The Kier molecular flexibility index (Phi) is 9.70. The van der Waals surface area contributed by atoms with Gasteiger partial charge in [0.2, 0.25) is 0 Å². The van der Waals surface area contributed by atoms with Crippen LogP contribution in [0.1, 0.15) is 38.2 Å². The number of hydrogen-bond acceptors (Lipinski definition) is 4. The molecule has 0 unspecified atom stereocenters. The quantitative estimate of drug-likeness (QED) is 0.280. The van der Waals surface area contributed by atoms with Crippen molar-refractivity contribution in [1.82, 2.24) is 0 Å². The number of hydrogen-bond donors (Lipinski definition) is 1. The van der Waals surface area contributed by atoms with E-state index in [1.165, 1.54) is 17.0 Å². The van der Waals surface area contributed by atoms with Crippen LogP contribution in [0, 0.1) is 0 Å². The van der Waals surface area contributed by atoms with Crippen LogP contribution >= 0.6 is 0 Å². The molecule has 0 amide bonds. The molecule has 0 fully saturated rings. The molecule has 1 atom stereocenters. The Morgan fingerprint density at radius 2 is 1.61 bits per heavy atom. The van der Waals surface area contributed by atoms with Gasteiger partial charge in [0.15, 0.2) is 6.10 Å². The van der Waals surface area contributed by atoms with E-state index >= 15 is 0 Å². The molecular formula is C23H27F6NO3. The summed E-state index contributed by atoms with van der Waals surface area (Å²) in [5.74, 6) is -0.0369. The first kappa shape index (κ1) is 26.6. The van der Waals surface area contributed by atoms with Crippen molar-refractivity contribution >= 4 is 5.69 Å². The minimum atomic E-state index is -4.90. The van der Waals surface area contributed by atoms with E-state index in [1.807, 2.05) is 0 Å². The maximum absolute atomic E-state index is 13.0. The second-order valence-electron chi connectivity index (χ2n) is 7.54. The number of unbranched alkanes of at least 4 members (excludes halogenated alkanes) is 3. The van der Waals surface area contributed by atoms with Gasteiger partial charge < -0.3 is 19.5 Å². The fourth-order valence-corrected chi connectivity index (χ4v) is 3.12. The predicted octanol–water partition coefficient (Wildman–Crippen LogP) is 6.47. The number of aliphatic hydroxyl groups excluding tert-OH is 1. The maximum atomic E-state index is 13.0. The summed E-state index contributed by atoms with van der Waals surface area (Å²) in [5.41, 5.74) is 0.600. The summed E-state index contributed by atoms with van der Waals surface area (Å²) in [6, 6.07) is 11.3. The molecule has 4 nitrogen and oxygen atoms in total. The van der Waals surface area contributed by atoms with E-state index in [-0.39, 0.29) is 12.1 Å². The van der Waals surface area contributed by atoms with Gasteiger partial charge in [0.05, 0.1) is 13.2 Å². The van der Waals surface area contributed by atoms with Crippen molar-refractivity contribution in [3.63, 3.8) is 0 Å². The van der Waals surface area contributed by atoms with Crippen LogP contribution in [0.3, 0.4) is 0 Å². The fraction of sp³-hybridized carbons (Fsp3) is 0.478. The zero-order chi connectivity index (χ0) is 24.5. The molecule has 1 N–H and O–H groups in total. The molecule has 0 saturated carbocycles. The molecule has 0 aliphatic heterocycles. The Hall–Kier alpha value is -2.62. The molecule has 0 bridgehead atoms. The molecule has 0 aromatic heterocycles. The molecular weight excluding hydrogens is 452 g/mol. The third-order valence-electron chi connectivity index (χ3n) is 4.73. The van der Waals surface area contributed by atoms with Gasteiger partial charge in [0, 0.05) is 18.3 Å². The monoisotopic (exact) mass is 479 g/mol. The van der Waals surface area contributed by atoms with Crippen molar-refractivity contribution in [2.75, 3.05) is 18.1 Å². The lowest BCUT2D eigenvalue weighted by Gasteiger charge is -2.29. The molecule has 0 heterocycles. The molecule has 33 heavy (non-hydrogen) atoms. The van der Waals surface area contributed by atoms with Crippen LogP contribution in [0.25, 0.3) is 0 Å². The van der Waals surface area contributed by atoms with E-state index in [0.717, 1.165) is 37.8 Å². The maximum Gasteiger partial charge on any atom is 0.573 e. The Balaban J connectivity index is 2.21. The number of rotatable bonds is 12. The first-order valence-corrected chi connectivity index (χ1v) is 10.5. The van der Waals surface area contributed by atoms with Crippen LogP contribution in [-0.4, -0.2) is 36.9 Å². The number of halogens is 6. The zero-order valence-electron chi connectivity index (χ0n) is 18.1. The third kappa shape index (κ3) is 9.81. The van der Waals surface area contributed by atoms with E-state index < -0.39 is 30.9 Å². The molecule has 2 aromatic carbocycles. The standard InChI is InChI=1S/C23H27F6NO3/c1-2-3-4-5-12-32-19-10-7-9-18(14-19)30(16-21(31)22(24,25)26)15-17-8-6-11-20(13-17)33-23(27,28)29/h6-11,13-14,21,31H,2-5,12,15-16H2,1H3/t21-/m1/s1. The van der Waals surface area contributed by atoms with Crippen molar-refractivity contribution in [3.8, 4) is 11.5 Å². The van der Waals surface area contributed by atoms with Crippen LogP contribution in [0.15, 0.2) is 48.5 Å². The van der Waals surface area contributed by atoms with E-state index in [0.29, 0.717) is 18.0 Å². The Morgan fingerprint density at radius 1 is 0.909 bits per heavy atom. The van der Waals surface area contributed by atoms with Gasteiger partial charge in [0.25, 0.3) is 0 Å². The lowest BCUT2D eigenvalue weighted by atomic mass is 10.1. The first-order valence-electron chi connectivity index (χ1n) is 10.5.